The lowest BCUT2D eigenvalue weighted by Gasteiger charge is -2.05. The molecule has 0 aliphatic carbocycles. The third-order valence-electron chi connectivity index (χ3n) is 1.31. The second-order valence-corrected chi connectivity index (χ2v) is 3.79. The maximum atomic E-state index is 5.46. The van der Waals surface area contributed by atoms with E-state index in [2.05, 4.69) is 17.1 Å². The van der Waals surface area contributed by atoms with E-state index in [1.807, 2.05) is 11.6 Å². The van der Waals surface area contributed by atoms with Gasteiger partial charge in [-0.05, 0) is 0 Å². The van der Waals surface area contributed by atoms with E-state index >= 15 is 0 Å². The molecule has 1 heterocycles. The van der Waals surface area contributed by atoms with Gasteiger partial charge in [-0.3, -0.25) is 0 Å². The standard InChI is InChI=1S/C6H12N4S/c1-5(3-7)11-6-9-8-4-10(6)2/h4-5H,3,7H2,1-2H3/t5-/m1/s1. The summed E-state index contributed by atoms with van der Waals surface area (Å²) in [4.78, 5) is 0. The molecule has 11 heavy (non-hydrogen) atoms. The summed E-state index contributed by atoms with van der Waals surface area (Å²) in [5.74, 6) is 0. The molecular formula is C6H12N4S. The van der Waals surface area contributed by atoms with Crippen LogP contribution in [-0.2, 0) is 7.05 Å². The normalized spacial score (nSPS) is 13.4. The van der Waals surface area contributed by atoms with Crippen LogP contribution in [0.1, 0.15) is 6.92 Å². The van der Waals surface area contributed by atoms with Crippen molar-refractivity contribution in [3.05, 3.63) is 6.33 Å². The van der Waals surface area contributed by atoms with Gasteiger partial charge >= 0.3 is 0 Å². The number of hydrogen-bond donors (Lipinski definition) is 1. The maximum absolute atomic E-state index is 5.46. The van der Waals surface area contributed by atoms with Gasteiger partial charge in [0.25, 0.3) is 0 Å². The summed E-state index contributed by atoms with van der Waals surface area (Å²) < 4.78 is 1.89. The van der Waals surface area contributed by atoms with Crippen LogP contribution in [0.2, 0.25) is 0 Å². The summed E-state index contributed by atoms with van der Waals surface area (Å²) in [7, 11) is 1.92. The minimum atomic E-state index is 0.401. The molecule has 5 heteroatoms. The highest BCUT2D eigenvalue weighted by Gasteiger charge is 2.05. The molecule has 0 spiro atoms. The summed E-state index contributed by atoms with van der Waals surface area (Å²) in [5, 5.41) is 9.00. The fourth-order valence-corrected chi connectivity index (χ4v) is 1.37. The maximum Gasteiger partial charge on any atom is 0.191 e. The van der Waals surface area contributed by atoms with Gasteiger partial charge in [-0.25, -0.2) is 0 Å². The zero-order valence-corrected chi connectivity index (χ0v) is 7.51. The van der Waals surface area contributed by atoms with Gasteiger partial charge in [-0.2, -0.15) is 0 Å². The number of rotatable bonds is 3. The third-order valence-corrected chi connectivity index (χ3v) is 2.48. The van der Waals surface area contributed by atoms with E-state index in [1.165, 1.54) is 0 Å². The van der Waals surface area contributed by atoms with Crippen molar-refractivity contribution >= 4 is 11.8 Å². The van der Waals surface area contributed by atoms with Gasteiger partial charge in [-0.15, -0.1) is 10.2 Å². The molecule has 62 valence electrons. The zero-order chi connectivity index (χ0) is 8.27. The molecule has 0 radical (unpaired) electrons. The lowest BCUT2D eigenvalue weighted by atomic mass is 10.5. The van der Waals surface area contributed by atoms with Crippen LogP contribution in [0.15, 0.2) is 11.5 Å². The van der Waals surface area contributed by atoms with Crippen LogP contribution in [0.5, 0.6) is 0 Å². The van der Waals surface area contributed by atoms with E-state index in [0.717, 1.165) is 5.16 Å². The first-order valence-corrected chi connectivity index (χ1v) is 4.32. The number of hydrogen-bond acceptors (Lipinski definition) is 4. The number of nitrogens with zero attached hydrogens (tertiary/aromatic N) is 3. The Balaban J connectivity index is 2.56. The summed E-state index contributed by atoms with van der Waals surface area (Å²) in [5.41, 5.74) is 5.46. The Morgan fingerprint density at radius 1 is 1.82 bits per heavy atom. The van der Waals surface area contributed by atoms with Crippen LogP contribution in [0.4, 0.5) is 0 Å². The molecule has 0 amide bonds. The molecule has 0 aromatic carbocycles. The lowest BCUT2D eigenvalue weighted by molar-refractivity contribution is 0.782. The van der Waals surface area contributed by atoms with E-state index in [-0.39, 0.29) is 0 Å². The van der Waals surface area contributed by atoms with E-state index in [1.54, 1.807) is 18.1 Å². The average molecular weight is 172 g/mol. The van der Waals surface area contributed by atoms with Gasteiger partial charge in [0.05, 0.1) is 0 Å². The SMILES string of the molecule is C[C@H](CN)Sc1nncn1C. The van der Waals surface area contributed by atoms with Gasteiger partial charge in [0.15, 0.2) is 5.16 Å². The predicted molar refractivity (Wildman–Crippen MR) is 45.4 cm³/mol. The fraction of sp³-hybridized carbons (Fsp3) is 0.667. The Hall–Kier alpha value is -0.550. The molecule has 1 aromatic heterocycles. The van der Waals surface area contributed by atoms with Crippen molar-refractivity contribution in [2.24, 2.45) is 12.8 Å². The monoisotopic (exact) mass is 172 g/mol. The topological polar surface area (TPSA) is 56.7 Å². The highest BCUT2D eigenvalue weighted by molar-refractivity contribution is 7.99. The van der Waals surface area contributed by atoms with Gasteiger partial charge in [-0.1, -0.05) is 18.7 Å². The van der Waals surface area contributed by atoms with Crippen molar-refractivity contribution in [3.8, 4) is 0 Å². The zero-order valence-electron chi connectivity index (χ0n) is 6.69. The predicted octanol–water partition coefficient (Wildman–Crippen LogP) is 0.254. The molecule has 0 fully saturated rings. The first-order valence-electron chi connectivity index (χ1n) is 3.44. The van der Waals surface area contributed by atoms with Gasteiger partial charge < -0.3 is 10.3 Å². The summed E-state index contributed by atoms with van der Waals surface area (Å²) in [6.07, 6.45) is 1.69. The number of nitrogens with two attached hydrogens (primary N) is 1. The van der Waals surface area contributed by atoms with Crippen LogP contribution in [0.3, 0.4) is 0 Å². The summed E-state index contributed by atoms with van der Waals surface area (Å²) >= 11 is 1.64. The smallest absolute Gasteiger partial charge is 0.191 e. The van der Waals surface area contributed by atoms with Crippen molar-refractivity contribution in [1.29, 1.82) is 0 Å². The number of thioether (sulfide) groups is 1. The summed E-state index contributed by atoms with van der Waals surface area (Å²) in [6.45, 7) is 2.73. The minimum Gasteiger partial charge on any atom is -0.329 e. The van der Waals surface area contributed by atoms with Crippen LogP contribution in [0.25, 0.3) is 0 Å². The molecule has 0 saturated heterocycles. The number of aromatic nitrogens is 3. The summed E-state index contributed by atoms with van der Waals surface area (Å²) in [6, 6.07) is 0. The molecule has 2 N–H and O–H groups in total. The highest BCUT2D eigenvalue weighted by atomic mass is 32.2. The average Bonchev–Trinajstić information content (AvgIpc) is 2.37. The molecule has 0 bridgehead atoms. The number of aryl methyl sites for hydroxylation is 1. The van der Waals surface area contributed by atoms with Crippen molar-refractivity contribution in [1.82, 2.24) is 14.8 Å². The Morgan fingerprint density at radius 2 is 2.55 bits per heavy atom. The third kappa shape index (κ3) is 2.20. The fourth-order valence-electron chi connectivity index (χ4n) is 0.607. The Morgan fingerprint density at radius 3 is 3.00 bits per heavy atom. The van der Waals surface area contributed by atoms with E-state index in [4.69, 9.17) is 5.73 Å². The van der Waals surface area contributed by atoms with Crippen LogP contribution < -0.4 is 5.73 Å². The lowest BCUT2D eigenvalue weighted by Crippen LogP contribution is -2.13. The highest BCUT2D eigenvalue weighted by Crippen LogP contribution is 2.18. The Labute approximate surface area is 70.2 Å². The quantitative estimate of drug-likeness (QED) is 0.664. The molecule has 0 aliphatic rings. The molecule has 1 aromatic rings. The van der Waals surface area contributed by atoms with Crippen LogP contribution >= 0.6 is 11.8 Å². The van der Waals surface area contributed by atoms with E-state index < -0.39 is 0 Å². The van der Waals surface area contributed by atoms with Crippen molar-refractivity contribution in [2.75, 3.05) is 6.54 Å². The Bertz CT molecular complexity index is 222. The Kier molecular flexibility index (Phi) is 2.90. The molecule has 1 atom stereocenters. The van der Waals surface area contributed by atoms with E-state index in [0.29, 0.717) is 11.8 Å². The first-order chi connectivity index (χ1) is 5.24. The van der Waals surface area contributed by atoms with E-state index in [9.17, 15) is 0 Å². The molecule has 0 unspecified atom stereocenters. The van der Waals surface area contributed by atoms with Crippen LogP contribution in [0, 0.1) is 0 Å². The van der Waals surface area contributed by atoms with Crippen molar-refractivity contribution in [3.63, 3.8) is 0 Å². The van der Waals surface area contributed by atoms with Gasteiger partial charge in [0, 0.05) is 18.8 Å². The van der Waals surface area contributed by atoms with Crippen molar-refractivity contribution < 1.29 is 0 Å². The largest absolute Gasteiger partial charge is 0.329 e. The second-order valence-electron chi connectivity index (χ2n) is 2.39. The van der Waals surface area contributed by atoms with Gasteiger partial charge in [0.1, 0.15) is 6.33 Å². The minimum absolute atomic E-state index is 0.401. The van der Waals surface area contributed by atoms with Crippen molar-refractivity contribution in [2.45, 2.75) is 17.3 Å². The first kappa shape index (κ1) is 8.55. The van der Waals surface area contributed by atoms with Gasteiger partial charge in [0.2, 0.25) is 0 Å². The second kappa shape index (κ2) is 3.73. The molecule has 0 aliphatic heterocycles. The molecule has 4 nitrogen and oxygen atoms in total. The van der Waals surface area contributed by atoms with Crippen LogP contribution in [-0.4, -0.2) is 26.6 Å². The molecule has 0 saturated carbocycles. The molecule has 1 rings (SSSR count). The molecular weight excluding hydrogens is 160 g/mol.